The minimum atomic E-state index is -0.995. The lowest BCUT2D eigenvalue weighted by atomic mass is 9.93. The standard InChI is InChI=1S/C24H32N4O3/c1-16-11-18(9-10-20(16)19-13-26-27-14-19)23(30)28-21(17-7-5-4-6-8-17)12-22(29)25-15-24(2,3)31/h4-11,19,21,26-27,31H,12-15H2,1-3H3,(H,25,29)(H,28,30)/t21-/m1/s1. The van der Waals surface area contributed by atoms with Crippen molar-refractivity contribution in [1.82, 2.24) is 21.5 Å². The summed E-state index contributed by atoms with van der Waals surface area (Å²) in [6.07, 6.45) is 0.0856. The SMILES string of the molecule is Cc1cc(C(=O)N[C@H](CC(=O)NCC(C)(C)O)c2ccccc2)ccc1C1CNNC1. The molecule has 1 atom stereocenters. The summed E-state index contributed by atoms with van der Waals surface area (Å²) in [5.41, 5.74) is 8.99. The first-order chi connectivity index (χ1) is 14.7. The minimum absolute atomic E-state index is 0.0856. The second kappa shape index (κ2) is 10.0. The van der Waals surface area contributed by atoms with E-state index in [9.17, 15) is 14.7 Å². The van der Waals surface area contributed by atoms with Crippen LogP contribution >= 0.6 is 0 Å². The van der Waals surface area contributed by atoms with E-state index in [-0.39, 0.29) is 24.8 Å². The van der Waals surface area contributed by atoms with Crippen molar-refractivity contribution in [1.29, 1.82) is 0 Å². The maximum absolute atomic E-state index is 13.0. The summed E-state index contributed by atoms with van der Waals surface area (Å²) in [5, 5.41) is 15.6. The fourth-order valence-corrected chi connectivity index (χ4v) is 3.71. The number of aliphatic hydroxyl groups is 1. The van der Waals surface area contributed by atoms with Gasteiger partial charge in [-0.3, -0.25) is 20.4 Å². The summed E-state index contributed by atoms with van der Waals surface area (Å²) in [6.45, 7) is 7.15. The topological polar surface area (TPSA) is 102 Å². The van der Waals surface area contributed by atoms with Crippen molar-refractivity contribution in [2.24, 2.45) is 0 Å². The normalized spacial score (nSPS) is 15.5. The first-order valence-electron chi connectivity index (χ1n) is 10.6. The Morgan fingerprint density at radius 1 is 1.13 bits per heavy atom. The highest BCUT2D eigenvalue weighted by Crippen LogP contribution is 2.23. The molecule has 0 aliphatic carbocycles. The Balaban J connectivity index is 1.72. The molecule has 0 aromatic heterocycles. The Labute approximate surface area is 183 Å². The van der Waals surface area contributed by atoms with E-state index in [1.807, 2.05) is 55.5 Å². The van der Waals surface area contributed by atoms with Gasteiger partial charge in [0.2, 0.25) is 5.91 Å². The van der Waals surface area contributed by atoms with Crippen LogP contribution in [0, 0.1) is 6.92 Å². The summed E-state index contributed by atoms with van der Waals surface area (Å²) >= 11 is 0. The molecule has 7 heteroatoms. The molecule has 1 heterocycles. The molecule has 0 bridgehead atoms. The third kappa shape index (κ3) is 6.62. The van der Waals surface area contributed by atoms with E-state index in [4.69, 9.17) is 0 Å². The molecule has 1 fully saturated rings. The van der Waals surface area contributed by atoms with Crippen molar-refractivity contribution < 1.29 is 14.7 Å². The van der Waals surface area contributed by atoms with E-state index in [0.717, 1.165) is 24.2 Å². The van der Waals surface area contributed by atoms with Crippen LogP contribution < -0.4 is 21.5 Å². The van der Waals surface area contributed by atoms with Crippen LogP contribution in [0.2, 0.25) is 0 Å². The van der Waals surface area contributed by atoms with Crippen molar-refractivity contribution in [2.45, 2.75) is 44.8 Å². The largest absolute Gasteiger partial charge is 0.389 e. The molecule has 166 valence electrons. The van der Waals surface area contributed by atoms with E-state index in [0.29, 0.717) is 11.5 Å². The van der Waals surface area contributed by atoms with Crippen molar-refractivity contribution >= 4 is 11.8 Å². The molecule has 0 unspecified atom stereocenters. The maximum atomic E-state index is 13.0. The molecular weight excluding hydrogens is 392 g/mol. The van der Waals surface area contributed by atoms with Gasteiger partial charge in [0.1, 0.15) is 0 Å². The van der Waals surface area contributed by atoms with Gasteiger partial charge in [0.05, 0.1) is 18.1 Å². The number of rotatable bonds is 8. The number of nitrogens with one attached hydrogen (secondary N) is 4. The Hall–Kier alpha value is -2.74. The summed E-state index contributed by atoms with van der Waals surface area (Å²) in [5.74, 6) is -0.0702. The summed E-state index contributed by atoms with van der Waals surface area (Å²) in [7, 11) is 0. The van der Waals surface area contributed by atoms with Gasteiger partial charge in [0, 0.05) is 31.1 Å². The molecule has 2 aromatic carbocycles. The van der Waals surface area contributed by atoms with Crippen molar-refractivity contribution in [3.8, 4) is 0 Å². The van der Waals surface area contributed by atoms with Gasteiger partial charge in [-0.15, -0.1) is 0 Å². The first-order valence-corrected chi connectivity index (χ1v) is 10.6. The summed E-state index contributed by atoms with van der Waals surface area (Å²) in [4.78, 5) is 25.5. The summed E-state index contributed by atoms with van der Waals surface area (Å²) < 4.78 is 0. The van der Waals surface area contributed by atoms with Crippen LogP contribution in [0.1, 0.15) is 59.3 Å². The van der Waals surface area contributed by atoms with Gasteiger partial charge in [0.25, 0.3) is 5.91 Å². The molecule has 1 saturated heterocycles. The third-order valence-corrected chi connectivity index (χ3v) is 5.41. The molecule has 1 aliphatic heterocycles. The Kier molecular flexibility index (Phi) is 7.43. The van der Waals surface area contributed by atoms with Crippen LogP contribution in [0.5, 0.6) is 0 Å². The van der Waals surface area contributed by atoms with Crippen molar-refractivity contribution in [3.05, 3.63) is 70.8 Å². The number of hydrogen-bond donors (Lipinski definition) is 5. The summed E-state index contributed by atoms with van der Waals surface area (Å²) in [6, 6.07) is 14.7. The third-order valence-electron chi connectivity index (χ3n) is 5.41. The average Bonchev–Trinajstić information content (AvgIpc) is 3.26. The van der Waals surface area contributed by atoms with Crippen LogP contribution in [0.4, 0.5) is 0 Å². The second-order valence-electron chi connectivity index (χ2n) is 8.76. The zero-order chi connectivity index (χ0) is 22.4. The van der Waals surface area contributed by atoms with Crippen LogP contribution in [0.25, 0.3) is 0 Å². The number of benzene rings is 2. The predicted molar refractivity (Wildman–Crippen MR) is 120 cm³/mol. The van der Waals surface area contributed by atoms with E-state index >= 15 is 0 Å². The van der Waals surface area contributed by atoms with Crippen LogP contribution in [-0.4, -0.2) is 42.2 Å². The molecule has 0 spiro atoms. The highest BCUT2D eigenvalue weighted by atomic mass is 16.3. The zero-order valence-electron chi connectivity index (χ0n) is 18.4. The fourth-order valence-electron chi connectivity index (χ4n) is 3.71. The molecule has 0 radical (unpaired) electrons. The monoisotopic (exact) mass is 424 g/mol. The highest BCUT2D eigenvalue weighted by molar-refractivity contribution is 5.95. The minimum Gasteiger partial charge on any atom is -0.389 e. The molecule has 2 amide bonds. The van der Waals surface area contributed by atoms with Gasteiger partial charge in [-0.2, -0.15) is 0 Å². The van der Waals surface area contributed by atoms with Crippen LogP contribution in [0.3, 0.4) is 0 Å². The number of aryl methyl sites for hydroxylation is 1. The highest BCUT2D eigenvalue weighted by Gasteiger charge is 2.22. The number of carbonyl (C=O) groups is 2. The van der Waals surface area contributed by atoms with Gasteiger partial charge in [-0.25, -0.2) is 0 Å². The van der Waals surface area contributed by atoms with Gasteiger partial charge in [0.15, 0.2) is 0 Å². The Morgan fingerprint density at radius 3 is 2.42 bits per heavy atom. The van der Waals surface area contributed by atoms with Gasteiger partial charge < -0.3 is 15.7 Å². The Bertz CT molecular complexity index is 903. The lowest BCUT2D eigenvalue weighted by Gasteiger charge is -2.22. The molecule has 3 rings (SSSR count). The quantitative estimate of drug-likeness (QED) is 0.446. The predicted octanol–water partition coefficient (Wildman–Crippen LogP) is 1.93. The van der Waals surface area contributed by atoms with Crippen molar-refractivity contribution in [2.75, 3.05) is 19.6 Å². The number of hydrazine groups is 1. The fraction of sp³-hybridized carbons (Fsp3) is 0.417. The molecule has 5 N–H and O–H groups in total. The van der Waals surface area contributed by atoms with E-state index in [2.05, 4.69) is 21.5 Å². The molecule has 0 saturated carbocycles. The smallest absolute Gasteiger partial charge is 0.251 e. The number of carbonyl (C=O) groups excluding carboxylic acids is 2. The maximum Gasteiger partial charge on any atom is 0.251 e. The van der Waals surface area contributed by atoms with Gasteiger partial charge >= 0.3 is 0 Å². The average molecular weight is 425 g/mol. The molecular formula is C24H32N4O3. The Morgan fingerprint density at radius 2 is 1.81 bits per heavy atom. The first kappa shape index (κ1) is 22.9. The van der Waals surface area contributed by atoms with Crippen LogP contribution in [0.15, 0.2) is 48.5 Å². The molecule has 1 aliphatic rings. The van der Waals surface area contributed by atoms with E-state index in [1.54, 1.807) is 13.8 Å². The zero-order valence-corrected chi connectivity index (χ0v) is 18.4. The molecule has 2 aromatic rings. The van der Waals surface area contributed by atoms with Gasteiger partial charge in [-0.1, -0.05) is 36.4 Å². The molecule has 31 heavy (non-hydrogen) atoms. The van der Waals surface area contributed by atoms with Crippen LogP contribution in [-0.2, 0) is 4.79 Å². The lowest BCUT2D eigenvalue weighted by Crippen LogP contribution is -2.40. The van der Waals surface area contributed by atoms with Gasteiger partial charge in [-0.05, 0) is 49.6 Å². The number of hydrogen-bond acceptors (Lipinski definition) is 5. The number of amides is 2. The lowest BCUT2D eigenvalue weighted by molar-refractivity contribution is -0.122. The van der Waals surface area contributed by atoms with E-state index < -0.39 is 11.6 Å². The molecule has 7 nitrogen and oxygen atoms in total. The van der Waals surface area contributed by atoms with E-state index in [1.165, 1.54) is 5.56 Å². The van der Waals surface area contributed by atoms with Crippen molar-refractivity contribution in [3.63, 3.8) is 0 Å². The second-order valence-corrected chi connectivity index (χ2v) is 8.76.